The van der Waals surface area contributed by atoms with Gasteiger partial charge in [-0.3, -0.25) is 9.11 Å². The van der Waals surface area contributed by atoms with E-state index in [0.29, 0.717) is 5.39 Å². The van der Waals surface area contributed by atoms with Gasteiger partial charge in [0.15, 0.2) is 0 Å². The molecular formula is C27H28N2O7S2. The van der Waals surface area contributed by atoms with Crippen molar-refractivity contribution in [1.29, 1.82) is 0 Å². The van der Waals surface area contributed by atoms with E-state index in [4.69, 9.17) is 0 Å². The summed E-state index contributed by atoms with van der Waals surface area (Å²) in [5, 5.41) is 11.8. The Bertz CT molecular complexity index is 1660. The van der Waals surface area contributed by atoms with Crippen molar-refractivity contribution < 1.29 is 31.0 Å². The first-order valence-corrected chi connectivity index (χ1v) is 14.4. The Morgan fingerprint density at radius 3 is 1.53 bits per heavy atom. The molecule has 0 heterocycles. The molecule has 4 rings (SSSR count). The van der Waals surface area contributed by atoms with E-state index in [1.54, 1.807) is 0 Å². The molecule has 0 atom stereocenters. The zero-order chi connectivity index (χ0) is 28.0. The van der Waals surface area contributed by atoms with Crippen LogP contribution in [-0.2, 0) is 20.2 Å². The fourth-order valence-corrected chi connectivity index (χ4v) is 5.63. The maximum atomic E-state index is 12.3. The first-order valence-electron chi connectivity index (χ1n) is 11.5. The number of phenolic OH excluding ortho intramolecular Hbond substituents is 1. The summed E-state index contributed by atoms with van der Waals surface area (Å²) in [4.78, 5) is 2.62. The van der Waals surface area contributed by atoms with Gasteiger partial charge in [-0.05, 0) is 64.4 Å². The summed E-state index contributed by atoms with van der Waals surface area (Å²) in [5.41, 5.74) is 3.45. The first kappa shape index (κ1) is 27.4. The molecule has 0 bridgehead atoms. The van der Waals surface area contributed by atoms with E-state index >= 15 is 0 Å². The van der Waals surface area contributed by atoms with Crippen molar-refractivity contribution in [2.45, 2.75) is 15.7 Å². The maximum Gasteiger partial charge on any atom is 0.298 e. The van der Waals surface area contributed by atoms with Crippen LogP contribution in [-0.4, -0.2) is 59.2 Å². The number of hydrogen-bond acceptors (Lipinski definition) is 7. The normalized spacial score (nSPS) is 12.2. The highest BCUT2D eigenvalue weighted by molar-refractivity contribution is 7.86. The molecule has 3 N–H and O–H groups in total. The molecule has 38 heavy (non-hydrogen) atoms. The summed E-state index contributed by atoms with van der Waals surface area (Å²) in [7, 11) is -1.92. The smallest absolute Gasteiger partial charge is 0.298 e. The number of rotatable bonds is 7. The van der Waals surface area contributed by atoms with E-state index < -0.39 is 41.7 Å². The van der Waals surface area contributed by atoms with Crippen LogP contribution in [0.3, 0.4) is 0 Å². The van der Waals surface area contributed by atoms with Crippen LogP contribution in [0.2, 0.25) is 0 Å². The van der Waals surface area contributed by atoms with Crippen molar-refractivity contribution in [2.24, 2.45) is 0 Å². The molecule has 200 valence electrons. The molecule has 4 aromatic rings. The molecular weight excluding hydrogens is 528 g/mol. The van der Waals surface area contributed by atoms with Gasteiger partial charge in [0.1, 0.15) is 10.6 Å². The lowest BCUT2D eigenvalue weighted by Gasteiger charge is -2.24. The number of benzene rings is 4. The molecule has 0 aliphatic carbocycles. The third-order valence-corrected chi connectivity index (χ3v) is 8.16. The summed E-state index contributed by atoms with van der Waals surface area (Å²) in [5.74, 6) is -1.36. The molecule has 9 nitrogen and oxygen atoms in total. The first-order chi connectivity index (χ1) is 17.7. The lowest BCUT2D eigenvalue weighted by atomic mass is 9.82. The number of anilines is 2. The molecule has 0 aliphatic rings. The Morgan fingerprint density at radius 1 is 0.658 bits per heavy atom. The number of aromatic hydroxyl groups is 1. The number of hydrogen-bond donors (Lipinski definition) is 3. The molecule has 0 aromatic heterocycles. The second-order valence-electron chi connectivity index (χ2n) is 9.37. The van der Waals surface area contributed by atoms with Gasteiger partial charge in [-0.2, -0.15) is 16.8 Å². The number of phenols is 1. The fourth-order valence-electron chi connectivity index (χ4n) is 4.48. The van der Waals surface area contributed by atoms with Crippen LogP contribution in [0, 0.1) is 0 Å². The van der Waals surface area contributed by atoms with Gasteiger partial charge in [0, 0.05) is 51.0 Å². The third-order valence-electron chi connectivity index (χ3n) is 6.44. The minimum absolute atomic E-state index is 0.0976. The van der Waals surface area contributed by atoms with E-state index in [0.717, 1.165) is 34.6 Å². The van der Waals surface area contributed by atoms with Crippen LogP contribution in [0.4, 0.5) is 11.4 Å². The summed E-state index contributed by atoms with van der Waals surface area (Å²) in [6.45, 7) is 0. The van der Waals surface area contributed by atoms with E-state index in [-0.39, 0.29) is 10.9 Å². The average molecular weight is 557 g/mol. The van der Waals surface area contributed by atoms with Crippen LogP contribution in [0.1, 0.15) is 22.6 Å². The van der Waals surface area contributed by atoms with E-state index in [1.807, 2.05) is 86.5 Å². The average Bonchev–Trinajstić information content (AvgIpc) is 2.84. The van der Waals surface area contributed by atoms with Crippen molar-refractivity contribution >= 4 is 42.4 Å². The molecule has 0 aliphatic heterocycles. The molecule has 0 fully saturated rings. The minimum atomic E-state index is -4.90. The van der Waals surface area contributed by atoms with Gasteiger partial charge in [-0.15, -0.1) is 0 Å². The topological polar surface area (TPSA) is 135 Å². The molecule has 0 amide bonds. The summed E-state index contributed by atoms with van der Waals surface area (Å²) in [6.07, 6.45) is 0. The lowest BCUT2D eigenvalue weighted by molar-refractivity contribution is 0.438. The number of fused-ring (bicyclic) bond motifs is 1. The van der Waals surface area contributed by atoms with Crippen molar-refractivity contribution in [2.75, 3.05) is 38.0 Å². The van der Waals surface area contributed by atoms with Crippen LogP contribution in [0.5, 0.6) is 5.75 Å². The zero-order valence-electron chi connectivity index (χ0n) is 21.2. The van der Waals surface area contributed by atoms with Gasteiger partial charge >= 0.3 is 0 Å². The van der Waals surface area contributed by atoms with Crippen molar-refractivity contribution in [3.8, 4) is 5.75 Å². The van der Waals surface area contributed by atoms with Gasteiger partial charge in [0.25, 0.3) is 20.2 Å². The highest BCUT2D eigenvalue weighted by atomic mass is 32.2. The number of nitrogens with zero attached hydrogens (tertiary/aromatic N) is 2. The van der Waals surface area contributed by atoms with Gasteiger partial charge in [0.2, 0.25) is 0 Å². The highest BCUT2D eigenvalue weighted by Gasteiger charge is 2.29. The molecule has 0 spiro atoms. The van der Waals surface area contributed by atoms with Crippen molar-refractivity contribution in [1.82, 2.24) is 0 Å². The molecule has 0 radical (unpaired) electrons. The van der Waals surface area contributed by atoms with Crippen molar-refractivity contribution in [3.63, 3.8) is 0 Å². The minimum Gasteiger partial charge on any atom is -0.506 e. The molecule has 4 aromatic carbocycles. The molecule has 0 unspecified atom stereocenters. The quantitative estimate of drug-likeness (QED) is 0.224. The maximum absolute atomic E-state index is 12.3. The predicted molar refractivity (Wildman–Crippen MR) is 148 cm³/mol. The van der Waals surface area contributed by atoms with Gasteiger partial charge in [-0.25, -0.2) is 0 Å². The monoisotopic (exact) mass is 556 g/mol. The van der Waals surface area contributed by atoms with Crippen LogP contribution < -0.4 is 9.80 Å². The largest absolute Gasteiger partial charge is 0.506 e. The van der Waals surface area contributed by atoms with Gasteiger partial charge in [-0.1, -0.05) is 30.3 Å². The molecule has 0 saturated heterocycles. The molecule has 0 saturated carbocycles. The Hall–Kier alpha value is -3.64. The highest BCUT2D eigenvalue weighted by Crippen LogP contribution is 2.45. The Labute approximate surface area is 222 Å². The fraction of sp³-hybridized carbons (Fsp3) is 0.185. The standard InChI is InChI=1S/C27H28N2O7S2/c1-28(2)20-9-5-17(6-10-20)25(18-7-11-21(12-8-18)29(3)4)26-23-14-13-22(37(31,32)33)15-19(23)16-24(27(26)30)38(34,35)36/h5-16,25,30H,1-4H3,(H,31,32,33)(H,34,35,36). The van der Waals surface area contributed by atoms with Gasteiger partial charge < -0.3 is 14.9 Å². The van der Waals surface area contributed by atoms with Crippen LogP contribution in [0.15, 0.2) is 82.6 Å². The molecule has 11 heteroatoms. The van der Waals surface area contributed by atoms with Crippen molar-refractivity contribution in [3.05, 3.63) is 89.5 Å². The SMILES string of the molecule is CN(C)c1ccc(C(c2ccc(N(C)C)cc2)c2c(O)c(S(=O)(=O)O)cc3cc(S(=O)(=O)O)ccc23)cc1. The second kappa shape index (κ2) is 9.91. The third kappa shape index (κ3) is 5.32. The zero-order valence-corrected chi connectivity index (χ0v) is 22.8. The lowest BCUT2D eigenvalue weighted by Crippen LogP contribution is -2.11. The summed E-state index contributed by atoms with van der Waals surface area (Å²) >= 11 is 0. The Morgan fingerprint density at radius 2 is 1.13 bits per heavy atom. The van der Waals surface area contributed by atoms with Crippen LogP contribution in [0.25, 0.3) is 10.8 Å². The second-order valence-corrected chi connectivity index (χ2v) is 12.2. The Balaban J connectivity index is 2.11. The van der Waals surface area contributed by atoms with E-state index in [2.05, 4.69) is 0 Å². The van der Waals surface area contributed by atoms with E-state index in [9.17, 15) is 31.0 Å². The summed E-state index contributed by atoms with van der Waals surface area (Å²) in [6, 6.07) is 19.6. The Kier molecular flexibility index (Phi) is 7.15. The predicted octanol–water partition coefficient (Wildman–Crippen LogP) is 4.35. The van der Waals surface area contributed by atoms with Crippen LogP contribution >= 0.6 is 0 Å². The summed E-state index contributed by atoms with van der Waals surface area (Å²) < 4.78 is 67.6. The van der Waals surface area contributed by atoms with Gasteiger partial charge in [0.05, 0.1) is 4.90 Å². The van der Waals surface area contributed by atoms with E-state index in [1.165, 1.54) is 12.1 Å².